The number of aryl methyl sites for hydroxylation is 2. The van der Waals surface area contributed by atoms with Gasteiger partial charge >= 0.3 is 5.97 Å². The standard InChI is InChI=1S/C23H28N2O6S2/c1-14-4-5-19(10-15(14)2)33(29,30)25-13-18(26)11-20(25)23(28)31-16(3)22(27)24-8-6-21-17(12-24)7-9-32-21/h4-5,7,9-10,16,18,20,26H,6,8,11-13H2,1-3H3/t16?,18?,20-/m0/s1. The van der Waals surface area contributed by atoms with E-state index < -0.39 is 34.2 Å². The van der Waals surface area contributed by atoms with Crippen molar-refractivity contribution in [3.05, 3.63) is 51.2 Å². The lowest BCUT2D eigenvalue weighted by Gasteiger charge is -2.30. The van der Waals surface area contributed by atoms with Crippen molar-refractivity contribution in [1.29, 1.82) is 0 Å². The van der Waals surface area contributed by atoms with Crippen LogP contribution in [-0.2, 0) is 37.3 Å². The van der Waals surface area contributed by atoms with Crippen molar-refractivity contribution >= 4 is 33.2 Å². The van der Waals surface area contributed by atoms with Gasteiger partial charge in [0.25, 0.3) is 5.91 Å². The fourth-order valence-electron chi connectivity index (χ4n) is 4.27. The van der Waals surface area contributed by atoms with Crippen LogP contribution in [0.2, 0.25) is 0 Å². The summed E-state index contributed by atoms with van der Waals surface area (Å²) in [5.41, 5.74) is 2.86. The number of sulfonamides is 1. The molecule has 33 heavy (non-hydrogen) atoms. The molecule has 4 rings (SSSR count). The molecule has 2 unspecified atom stereocenters. The molecule has 1 aromatic carbocycles. The molecule has 0 spiro atoms. The van der Waals surface area contributed by atoms with Crippen LogP contribution in [0.1, 0.15) is 34.9 Å². The highest BCUT2D eigenvalue weighted by Crippen LogP contribution is 2.29. The summed E-state index contributed by atoms with van der Waals surface area (Å²) < 4.78 is 32.9. The van der Waals surface area contributed by atoms with E-state index in [1.807, 2.05) is 25.3 Å². The number of nitrogens with zero attached hydrogens (tertiary/aromatic N) is 2. The number of β-amino-alcohol motifs (C(OH)–C–C–N with tert-alkyl or cyclic N) is 1. The van der Waals surface area contributed by atoms with Gasteiger partial charge in [-0.2, -0.15) is 4.31 Å². The number of amides is 1. The van der Waals surface area contributed by atoms with Gasteiger partial charge in [0.05, 0.1) is 11.0 Å². The highest BCUT2D eigenvalue weighted by molar-refractivity contribution is 7.89. The minimum absolute atomic E-state index is 0.0570. The maximum atomic E-state index is 13.2. The first-order chi connectivity index (χ1) is 15.6. The van der Waals surface area contributed by atoms with Gasteiger partial charge in [-0.1, -0.05) is 6.07 Å². The zero-order chi connectivity index (χ0) is 23.9. The fraction of sp³-hybridized carbons (Fsp3) is 0.478. The third-order valence-electron chi connectivity index (χ3n) is 6.35. The van der Waals surface area contributed by atoms with E-state index in [-0.39, 0.29) is 23.8 Å². The topological polar surface area (TPSA) is 104 Å². The van der Waals surface area contributed by atoms with Crippen molar-refractivity contribution in [3.63, 3.8) is 0 Å². The third kappa shape index (κ3) is 4.70. The summed E-state index contributed by atoms with van der Waals surface area (Å²) in [7, 11) is -4.03. The predicted octanol–water partition coefficient (Wildman–Crippen LogP) is 2.01. The van der Waals surface area contributed by atoms with Crippen LogP contribution in [0.4, 0.5) is 0 Å². The molecule has 0 saturated carbocycles. The molecule has 1 saturated heterocycles. The number of hydrogen-bond donors (Lipinski definition) is 1. The maximum absolute atomic E-state index is 13.2. The second-order valence-corrected chi connectivity index (χ2v) is 11.6. The normalized spacial score (nSPS) is 22.1. The average Bonchev–Trinajstić information content (AvgIpc) is 3.41. The first-order valence-corrected chi connectivity index (χ1v) is 13.2. The Morgan fingerprint density at radius 2 is 1.97 bits per heavy atom. The van der Waals surface area contributed by atoms with Gasteiger partial charge in [-0.25, -0.2) is 8.42 Å². The van der Waals surface area contributed by atoms with Crippen LogP contribution in [-0.4, -0.2) is 65.9 Å². The zero-order valence-corrected chi connectivity index (χ0v) is 20.5. The van der Waals surface area contributed by atoms with E-state index in [0.717, 1.165) is 27.4 Å². The SMILES string of the molecule is Cc1ccc(S(=O)(=O)N2CC(O)C[C@H]2C(=O)OC(C)C(=O)N2CCc3sccc3C2)cc1C. The van der Waals surface area contributed by atoms with Crippen LogP contribution >= 0.6 is 11.3 Å². The third-order valence-corrected chi connectivity index (χ3v) is 9.24. The van der Waals surface area contributed by atoms with E-state index in [1.165, 1.54) is 17.9 Å². The highest BCUT2D eigenvalue weighted by Gasteiger charge is 2.45. The van der Waals surface area contributed by atoms with Crippen molar-refractivity contribution in [2.75, 3.05) is 13.1 Å². The van der Waals surface area contributed by atoms with Crippen LogP contribution in [0, 0.1) is 13.8 Å². The van der Waals surface area contributed by atoms with E-state index >= 15 is 0 Å². The van der Waals surface area contributed by atoms with E-state index in [0.29, 0.717) is 13.1 Å². The Bertz CT molecular complexity index is 1180. The number of aliphatic hydroxyl groups is 1. The number of aliphatic hydroxyl groups excluding tert-OH is 1. The number of hydrogen-bond acceptors (Lipinski definition) is 7. The second-order valence-electron chi connectivity index (χ2n) is 8.68. The Labute approximate surface area is 197 Å². The Hall–Kier alpha value is -2.27. The molecule has 0 radical (unpaired) electrons. The molecular formula is C23H28N2O6S2. The average molecular weight is 493 g/mol. The van der Waals surface area contributed by atoms with Gasteiger partial charge in [-0.05, 0) is 67.5 Å². The smallest absolute Gasteiger partial charge is 0.325 e. The Morgan fingerprint density at radius 1 is 1.21 bits per heavy atom. The largest absolute Gasteiger partial charge is 0.451 e. The van der Waals surface area contributed by atoms with Crippen molar-refractivity contribution in [2.45, 2.75) is 63.3 Å². The van der Waals surface area contributed by atoms with E-state index in [4.69, 9.17) is 4.74 Å². The summed E-state index contributed by atoms with van der Waals surface area (Å²) >= 11 is 1.67. The lowest BCUT2D eigenvalue weighted by Crippen LogP contribution is -2.46. The molecule has 178 valence electrons. The van der Waals surface area contributed by atoms with Crippen LogP contribution in [0.3, 0.4) is 0 Å². The van der Waals surface area contributed by atoms with Crippen molar-refractivity contribution < 1.29 is 27.9 Å². The number of ether oxygens (including phenoxy) is 1. The second kappa shape index (κ2) is 9.17. The molecular weight excluding hydrogens is 464 g/mol. The van der Waals surface area contributed by atoms with Crippen molar-refractivity contribution in [1.82, 2.24) is 9.21 Å². The number of carbonyl (C=O) groups is 2. The first-order valence-electron chi connectivity index (χ1n) is 10.9. The summed E-state index contributed by atoms with van der Waals surface area (Å²) in [6.07, 6.45) is -1.36. The molecule has 2 aliphatic rings. The lowest BCUT2D eigenvalue weighted by atomic mass is 10.1. The molecule has 2 aromatic rings. The Morgan fingerprint density at radius 3 is 2.70 bits per heavy atom. The number of esters is 1. The quantitative estimate of drug-likeness (QED) is 0.641. The predicted molar refractivity (Wildman–Crippen MR) is 123 cm³/mol. The van der Waals surface area contributed by atoms with Gasteiger partial charge in [0.15, 0.2) is 6.10 Å². The Balaban J connectivity index is 1.47. The number of benzene rings is 1. The fourth-order valence-corrected chi connectivity index (χ4v) is 6.87. The number of rotatable bonds is 5. The number of carbonyl (C=O) groups excluding carboxylic acids is 2. The molecule has 3 atom stereocenters. The highest BCUT2D eigenvalue weighted by atomic mass is 32.2. The summed E-state index contributed by atoms with van der Waals surface area (Å²) in [5.74, 6) is -1.14. The molecule has 10 heteroatoms. The van der Waals surface area contributed by atoms with Crippen LogP contribution < -0.4 is 0 Å². The molecule has 1 aromatic heterocycles. The first kappa shape index (κ1) is 23.9. The monoisotopic (exact) mass is 492 g/mol. The van der Waals surface area contributed by atoms with Gasteiger partial charge in [0.2, 0.25) is 10.0 Å². The molecule has 0 aliphatic carbocycles. The van der Waals surface area contributed by atoms with E-state index in [2.05, 4.69) is 0 Å². The summed E-state index contributed by atoms with van der Waals surface area (Å²) in [5, 5.41) is 12.2. The minimum Gasteiger partial charge on any atom is -0.451 e. The Kier molecular flexibility index (Phi) is 6.63. The van der Waals surface area contributed by atoms with Gasteiger partial charge < -0.3 is 14.7 Å². The minimum atomic E-state index is -4.03. The molecule has 2 aliphatic heterocycles. The van der Waals surface area contributed by atoms with Gasteiger partial charge in [-0.15, -0.1) is 11.3 Å². The molecule has 1 amide bonds. The summed E-state index contributed by atoms with van der Waals surface area (Å²) in [6, 6.07) is 5.56. The van der Waals surface area contributed by atoms with Gasteiger partial charge in [0, 0.05) is 30.9 Å². The van der Waals surface area contributed by atoms with Crippen LogP contribution in [0.25, 0.3) is 0 Å². The molecule has 3 heterocycles. The maximum Gasteiger partial charge on any atom is 0.325 e. The van der Waals surface area contributed by atoms with Crippen LogP contribution in [0.15, 0.2) is 34.5 Å². The van der Waals surface area contributed by atoms with E-state index in [1.54, 1.807) is 28.4 Å². The number of fused-ring (bicyclic) bond motifs is 1. The number of thiophene rings is 1. The molecule has 1 N–H and O–H groups in total. The van der Waals surface area contributed by atoms with Gasteiger partial charge in [-0.3, -0.25) is 9.59 Å². The van der Waals surface area contributed by atoms with E-state index in [9.17, 15) is 23.1 Å². The molecule has 8 nitrogen and oxygen atoms in total. The van der Waals surface area contributed by atoms with Crippen molar-refractivity contribution in [2.24, 2.45) is 0 Å². The molecule has 0 bridgehead atoms. The lowest BCUT2D eigenvalue weighted by molar-refractivity contribution is -0.162. The zero-order valence-electron chi connectivity index (χ0n) is 18.9. The molecule has 1 fully saturated rings. The summed E-state index contributed by atoms with van der Waals surface area (Å²) in [6.45, 7) is 6.00. The van der Waals surface area contributed by atoms with Gasteiger partial charge in [0.1, 0.15) is 6.04 Å². The summed E-state index contributed by atoms with van der Waals surface area (Å²) in [4.78, 5) is 28.8. The van der Waals surface area contributed by atoms with Crippen molar-refractivity contribution in [3.8, 4) is 0 Å². The van der Waals surface area contributed by atoms with Crippen LogP contribution in [0.5, 0.6) is 0 Å².